The second-order valence-corrected chi connectivity index (χ2v) is 9.55. The highest BCUT2D eigenvalue weighted by Gasteiger charge is 2.15. The van der Waals surface area contributed by atoms with E-state index in [4.69, 9.17) is 0 Å². The largest absolute Gasteiger partial charge is 0.314 e. The Morgan fingerprint density at radius 3 is 2.11 bits per heavy atom. The van der Waals surface area contributed by atoms with Crippen LogP contribution in [0.25, 0.3) is 0 Å². The molecule has 116 valence electrons. The predicted molar refractivity (Wildman–Crippen MR) is 80.0 cm³/mol. The summed E-state index contributed by atoms with van der Waals surface area (Å²) in [4.78, 5) is 0. The van der Waals surface area contributed by atoms with Crippen molar-refractivity contribution in [2.75, 3.05) is 30.1 Å². The van der Waals surface area contributed by atoms with Crippen molar-refractivity contribution in [3.63, 3.8) is 0 Å². The molecule has 0 aromatic rings. The van der Waals surface area contributed by atoms with Crippen molar-refractivity contribution in [3.8, 4) is 0 Å². The maximum atomic E-state index is 11.7. The van der Waals surface area contributed by atoms with Crippen LogP contribution in [-0.4, -0.2) is 52.9 Å². The molecular formula is C12H27NO4S2. The molecule has 0 aliphatic carbocycles. The van der Waals surface area contributed by atoms with Gasteiger partial charge in [-0.3, -0.25) is 0 Å². The van der Waals surface area contributed by atoms with Gasteiger partial charge in [0, 0.05) is 12.3 Å². The van der Waals surface area contributed by atoms with Crippen LogP contribution in [-0.2, 0) is 19.7 Å². The third-order valence-corrected chi connectivity index (χ3v) is 5.89. The van der Waals surface area contributed by atoms with Gasteiger partial charge in [0.1, 0.15) is 9.84 Å². The van der Waals surface area contributed by atoms with E-state index in [1.165, 1.54) is 0 Å². The summed E-state index contributed by atoms with van der Waals surface area (Å²) in [6, 6.07) is 0.352. The van der Waals surface area contributed by atoms with E-state index < -0.39 is 19.7 Å². The molecule has 1 unspecified atom stereocenters. The Morgan fingerprint density at radius 2 is 1.63 bits per heavy atom. The Kier molecular flexibility index (Phi) is 8.85. The Balaban J connectivity index is 4.03. The van der Waals surface area contributed by atoms with Crippen LogP contribution in [0.15, 0.2) is 0 Å². The van der Waals surface area contributed by atoms with Crippen LogP contribution in [0.3, 0.4) is 0 Å². The average molecular weight is 313 g/mol. The summed E-state index contributed by atoms with van der Waals surface area (Å²) in [6.07, 6.45) is 4.49. The molecule has 1 atom stereocenters. The molecule has 0 saturated heterocycles. The van der Waals surface area contributed by atoms with Crippen molar-refractivity contribution in [2.24, 2.45) is 0 Å². The van der Waals surface area contributed by atoms with E-state index in [0.717, 1.165) is 32.1 Å². The van der Waals surface area contributed by atoms with E-state index in [9.17, 15) is 16.8 Å². The normalized spacial score (nSPS) is 14.5. The Hall–Kier alpha value is -0.140. The molecule has 5 nitrogen and oxygen atoms in total. The van der Waals surface area contributed by atoms with Crippen LogP contribution in [0, 0.1) is 0 Å². The van der Waals surface area contributed by atoms with Crippen LogP contribution >= 0.6 is 0 Å². The molecule has 0 heterocycles. The van der Waals surface area contributed by atoms with Crippen LogP contribution in [0.5, 0.6) is 0 Å². The zero-order valence-corrected chi connectivity index (χ0v) is 13.8. The van der Waals surface area contributed by atoms with Gasteiger partial charge in [0.05, 0.1) is 17.3 Å². The molecule has 0 bridgehead atoms. The lowest BCUT2D eigenvalue weighted by Gasteiger charge is -2.16. The molecule has 0 aromatic carbocycles. The second kappa shape index (κ2) is 8.92. The molecular weight excluding hydrogens is 286 g/mol. The second-order valence-electron chi connectivity index (χ2n) is 4.98. The van der Waals surface area contributed by atoms with Crippen molar-refractivity contribution in [2.45, 2.75) is 45.6 Å². The fourth-order valence-electron chi connectivity index (χ4n) is 1.73. The van der Waals surface area contributed by atoms with Gasteiger partial charge >= 0.3 is 0 Å². The van der Waals surface area contributed by atoms with Gasteiger partial charge in [0.2, 0.25) is 0 Å². The van der Waals surface area contributed by atoms with Crippen molar-refractivity contribution in [1.82, 2.24) is 5.32 Å². The number of hydrogen-bond donors (Lipinski definition) is 1. The lowest BCUT2D eigenvalue weighted by molar-refractivity contribution is 0.463. The molecule has 0 aliphatic heterocycles. The maximum absolute atomic E-state index is 11.7. The first kappa shape index (κ1) is 18.9. The van der Waals surface area contributed by atoms with Crippen LogP contribution in [0.1, 0.15) is 39.5 Å². The SMILES string of the molecule is CCCNC(CC)CCCS(=O)(=O)CCS(C)(=O)=O. The first-order valence-electron chi connectivity index (χ1n) is 6.81. The van der Waals surface area contributed by atoms with Gasteiger partial charge in [-0.1, -0.05) is 13.8 Å². The van der Waals surface area contributed by atoms with Gasteiger partial charge in [0.25, 0.3) is 0 Å². The number of hydrogen-bond acceptors (Lipinski definition) is 5. The smallest absolute Gasteiger partial charge is 0.151 e. The zero-order valence-electron chi connectivity index (χ0n) is 12.2. The summed E-state index contributed by atoms with van der Waals surface area (Å²) in [5.74, 6) is -0.460. The molecule has 7 heteroatoms. The predicted octanol–water partition coefficient (Wildman–Crippen LogP) is 1.00. The Labute approximate surface area is 118 Å². The van der Waals surface area contributed by atoms with Crippen molar-refractivity contribution in [1.29, 1.82) is 0 Å². The van der Waals surface area contributed by atoms with Crippen molar-refractivity contribution in [3.05, 3.63) is 0 Å². The van der Waals surface area contributed by atoms with E-state index in [1.54, 1.807) is 0 Å². The standard InChI is InChI=1S/C12H27NO4S2/c1-4-8-13-12(5-2)7-6-9-19(16,17)11-10-18(3,14)15/h12-13H,4-11H2,1-3H3. The highest BCUT2D eigenvalue weighted by Crippen LogP contribution is 2.05. The van der Waals surface area contributed by atoms with E-state index in [-0.39, 0.29) is 17.3 Å². The number of sulfone groups is 2. The van der Waals surface area contributed by atoms with Gasteiger partial charge in [-0.15, -0.1) is 0 Å². The topological polar surface area (TPSA) is 80.3 Å². The minimum Gasteiger partial charge on any atom is -0.314 e. The summed E-state index contributed by atoms with van der Waals surface area (Å²) >= 11 is 0. The highest BCUT2D eigenvalue weighted by atomic mass is 32.2. The van der Waals surface area contributed by atoms with Crippen LogP contribution in [0.2, 0.25) is 0 Å². The summed E-state index contributed by atoms with van der Waals surface area (Å²) in [6.45, 7) is 5.11. The van der Waals surface area contributed by atoms with E-state index in [1.807, 2.05) is 0 Å². The lowest BCUT2D eigenvalue weighted by Crippen LogP contribution is -2.29. The third kappa shape index (κ3) is 11.4. The maximum Gasteiger partial charge on any atom is 0.151 e. The lowest BCUT2D eigenvalue weighted by atomic mass is 10.1. The molecule has 0 radical (unpaired) electrons. The zero-order chi connectivity index (χ0) is 14.9. The Morgan fingerprint density at radius 1 is 1.00 bits per heavy atom. The molecule has 19 heavy (non-hydrogen) atoms. The van der Waals surface area contributed by atoms with E-state index in [0.29, 0.717) is 12.5 Å². The van der Waals surface area contributed by atoms with Gasteiger partial charge in [-0.25, -0.2) is 16.8 Å². The number of rotatable bonds is 11. The molecule has 0 aliphatic rings. The average Bonchev–Trinajstić information content (AvgIpc) is 2.30. The summed E-state index contributed by atoms with van der Waals surface area (Å²) in [7, 11) is -6.45. The van der Waals surface area contributed by atoms with Crippen LogP contribution < -0.4 is 5.32 Å². The Bertz CT molecular complexity index is 429. The van der Waals surface area contributed by atoms with Gasteiger partial charge in [0.15, 0.2) is 9.84 Å². The molecule has 0 fully saturated rings. The van der Waals surface area contributed by atoms with Gasteiger partial charge in [-0.05, 0) is 32.2 Å². The minimum absolute atomic E-state index is 0.0762. The molecule has 0 rings (SSSR count). The number of nitrogens with one attached hydrogen (secondary N) is 1. The fraction of sp³-hybridized carbons (Fsp3) is 1.00. The van der Waals surface area contributed by atoms with E-state index in [2.05, 4.69) is 19.2 Å². The van der Waals surface area contributed by atoms with Crippen molar-refractivity contribution < 1.29 is 16.8 Å². The highest BCUT2D eigenvalue weighted by molar-refractivity contribution is 7.94. The molecule has 1 N–H and O–H groups in total. The molecule has 0 spiro atoms. The first-order valence-corrected chi connectivity index (χ1v) is 10.7. The molecule has 0 aromatic heterocycles. The third-order valence-electron chi connectivity index (χ3n) is 2.95. The quantitative estimate of drug-likeness (QED) is 0.615. The summed E-state index contributed by atoms with van der Waals surface area (Å²) < 4.78 is 45.3. The van der Waals surface area contributed by atoms with E-state index >= 15 is 0 Å². The summed E-state index contributed by atoms with van der Waals surface area (Å²) in [5, 5.41) is 3.37. The molecule has 0 amide bonds. The van der Waals surface area contributed by atoms with Gasteiger partial charge < -0.3 is 5.32 Å². The fourth-order valence-corrected chi connectivity index (χ4v) is 4.77. The summed E-state index contributed by atoms with van der Waals surface area (Å²) in [5.41, 5.74) is 0. The molecule has 0 saturated carbocycles. The van der Waals surface area contributed by atoms with Gasteiger partial charge in [-0.2, -0.15) is 0 Å². The van der Waals surface area contributed by atoms with Crippen LogP contribution in [0.4, 0.5) is 0 Å². The first-order chi connectivity index (χ1) is 8.70. The minimum atomic E-state index is -3.25. The van der Waals surface area contributed by atoms with Crippen molar-refractivity contribution >= 4 is 19.7 Å². The monoisotopic (exact) mass is 313 g/mol.